The fourth-order valence-electron chi connectivity index (χ4n) is 3.13. The number of likely N-dealkylation sites (tertiary alicyclic amines) is 1. The van der Waals surface area contributed by atoms with E-state index >= 15 is 0 Å². The van der Waals surface area contributed by atoms with Crippen LogP contribution < -0.4 is 4.72 Å². The Morgan fingerprint density at radius 3 is 2.44 bits per heavy atom. The van der Waals surface area contributed by atoms with E-state index < -0.39 is 14.9 Å². The summed E-state index contributed by atoms with van der Waals surface area (Å²) >= 11 is 0. The Morgan fingerprint density at radius 2 is 1.85 bits per heavy atom. The van der Waals surface area contributed by atoms with Gasteiger partial charge in [-0.2, -0.15) is 0 Å². The first kappa shape index (κ1) is 19.4. The fraction of sp³-hybridized carbons (Fsp3) is 0.389. The van der Waals surface area contributed by atoms with Gasteiger partial charge in [-0.05, 0) is 56.1 Å². The van der Waals surface area contributed by atoms with Gasteiger partial charge in [0.2, 0.25) is 10.0 Å². The maximum atomic E-state index is 12.4. The molecule has 8 nitrogen and oxygen atoms in total. The molecule has 144 valence electrons. The van der Waals surface area contributed by atoms with E-state index in [0.717, 1.165) is 38.2 Å². The third kappa shape index (κ3) is 5.31. The van der Waals surface area contributed by atoms with Crippen molar-refractivity contribution in [1.82, 2.24) is 14.6 Å². The number of non-ortho nitro benzene ring substituents is 1. The van der Waals surface area contributed by atoms with E-state index in [1.807, 2.05) is 18.2 Å². The Kier molecular flexibility index (Phi) is 6.15. The van der Waals surface area contributed by atoms with Crippen molar-refractivity contribution in [3.8, 4) is 0 Å². The smallest absolute Gasteiger partial charge is 0.269 e. The molecule has 1 N–H and O–H groups in total. The van der Waals surface area contributed by atoms with Gasteiger partial charge in [0.25, 0.3) is 5.69 Å². The molecule has 2 aromatic rings. The Labute approximate surface area is 158 Å². The average Bonchev–Trinajstić information content (AvgIpc) is 2.68. The number of benzene rings is 1. The number of nitro benzene ring substituents is 1. The van der Waals surface area contributed by atoms with Crippen molar-refractivity contribution >= 4 is 15.7 Å². The van der Waals surface area contributed by atoms with Gasteiger partial charge in [0.1, 0.15) is 0 Å². The highest BCUT2D eigenvalue weighted by Gasteiger charge is 2.22. The molecular weight excluding hydrogens is 368 g/mol. The van der Waals surface area contributed by atoms with E-state index in [1.54, 1.807) is 6.20 Å². The predicted octanol–water partition coefficient (Wildman–Crippen LogP) is 2.18. The van der Waals surface area contributed by atoms with Crippen molar-refractivity contribution in [2.45, 2.75) is 24.3 Å². The molecule has 2 heterocycles. The lowest BCUT2D eigenvalue weighted by Gasteiger charge is -2.31. The van der Waals surface area contributed by atoms with E-state index in [9.17, 15) is 18.5 Å². The summed E-state index contributed by atoms with van der Waals surface area (Å²) in [5.41, 5.74) is 0.907. The highest BCUT2D eigenvalue weighted by atomic mass is 32.2. The molecule has 0 aliphatic carbocycles. The van der Waals surface area contributed by atoms with Gasteiger partial charge in [0.15, 0.2) is 0 Å². The first-order chi connectivity index (χ1) is 12.9. The van der Waals surface area contributed by atoms with E-state index in [4.69, 9.17) is 0 Å². The third-order valence-corrected chi connectivity index (χ3v) is 6.18. The summed E-state index contributed by atoms with van der Waals surface area (Å²) < 4.78 is 27.4. The number of nitrogens with zero attached hydrogens (tertiary/aromatic N) is 3. The second-order valence-electron chi connectivity index (χ2n) is 6.64. The lowest BCUT2D eigenvalue weighted by molar-refractivity contribution is -0.384. The van der Waals surface area contributed by atoms with Crippen LogP contribution in [-0.2, 0) is 16.6 Å². The normalized spacial score (nSPS) is 16.3. The molecule has 9 heteroatoms. The van der Waals surface area contributed by atoms with Crippen LogP contribution in [-0.4, -0.2) is 42.9 Å². The van der Waals surface area contributed by atoms with E-state index in [0.29, 0.717) is 6.54 Å². The monoisotopic (exact) mass is 390 g/mol. The van der Waals surface area contributed by atoms with Crippen LogP contribution in [0.4, 0.5) is 5.69 Å². The number of hydrogen-bond donors (Lipinski definition) is 1. The molecule has 0 amide bonds. The quantitative estimate of drug-likeness (QED) is 0.574. The van der Waals surface area contributed by atoms with Gasteiger partial charge in [-0.25, -0.2) is 13.1 Å². The summed E-state index contributed by atoms with van der Waals surface area (Å²) in [6.07, 6.45) is 3.61. The second-order valence-corrected chi connectivity index (χ2v) is 8.41. The van der Waals surface area contributed by atoms with Crippen LogP contribution in [0.2, 0.25) is 0 Å². The zero-order chi connectivity index (χ0) is 19.3. The Morgan fingerprint density at radius 1 is 1.15 bits per heavy atom. The molecule has 1 fully saturated rings. The summed E-state index contributed by atoms with van der Waals surface area (Å²) in [5.74, 6) is 0.276. The van der Waals surface area contributed by atoms with Crippen molar-refractivity contribution < 1.29 is 13.3 Å². The summed E-state index contributed by atoms with van der Waals surface area (Å²) in [7, 11) is -3.66. The zero-order valence-corrected chi connectivity index (χ0v) is 15.6. The number of pyridine rings is 1. The number of hydrogen-bond acceptors (Lipinski definition) is 6. The largest absolute Gasteiger partial charge is 0.297 e. The second kappa shape index (κ2) is 8.55. The summed E-state index contributed by atoms with van der Waals surface area (Å²) in [5, 5.41) is 10.7. The summed E-state index contributed by atoms with van der Waals surface area (Å²) in [6.45, 7) is 2.99. The molecule has 1 saturated heterocycles. The minimum atomic E-state index is -3.66. The highest BCUT2D eigenvalue weighted by Crippen LogP contribution is 2.20. The lowest BCUT2D eigenvalue weighted by Crippen LogP contribution is -2.38. The third-order valence-electron chi connectivity index (χ3n) is 4.74. The predicted molar refractivity (Wildman–Crippen MR) is 101 cm³/mol. The van der Waals surface area contributed by atoms with Crippen LogP contribution in [0.5, 0.6) is 0 Å². The topological polar surface area (TPSA) is 105 Å². The number of sulfonamides is 1. The summed E-state index contributed by atoms with van der Waals surface area (Å²) in [4.78, 5) is 16.8. The van der Waals surface area contributed by atoms with Crippen molar-refractivity contribution in [3.05, 3.63) is 64.5 Å². The van der Waals surface area contributed by atoms with Crippen LogP contribution in [0.1, 0.15) is 18.5 Å². The van der Waals surface area contributed by atoms with Gasteiger partial charge in [0, 0.05) is 31.4 Å². The van der Waals surface area contributed by atoms with Gasteiger partial charge in [-0.3, -0.25) is 20.0 Å². The Bertz CT molecular complexity index is 864. The van der Waals surface area contributed by atoms with E-state index in [2.05, 4.69) is 14.6 Å². The molecule has 3 rings (SSSR count). The molecular formula is C18H22N4O4S. The van der Waals surface area contributed by atoms with Crippen LogP contribution in [0, 0.1) is 16.0 Å². The molecule has 0 saturated carbocycles. The molecule has 0 unspecified atom stereocenters. The van der Waals surface area contributed by atoms with Crippen molar-refractivity contribution in [2.75, 3.05) is 19.6 Å². The van der Waals surface area contributed by atoms with Gasteiger partial charge >= 0.3 is 0 Å². The zero-order valence-electron chi connectivity index (χ0n) is 14.8. The minimum Gasteiger partial charge on any atom is -0.297 e. The maximum absolute atomic E-state index is 12.4. The van der Waals surface area contributed by atoms with E-state index in [-0.39, 0.29) is 16.5 Å². The minimum absolute atomic E-state index is 0.0423. The van der Waals surface area contributed by atoms with Crippen LogP contribution in [0.3, 0.4) is 0 Å². The maximum Gasteiger partial charge on any atom is 0.269 e. The first-order valence-electron chi connectivity index (χ1n) is 8.80. The standard InChI is InChI=1S/C18H22N4O4S/c23-22(24)17-4-6-18(7-5-17)27(25,26)20-13-15-8-11-21(12-9-15)14-16-3-1-2-10-19-16/h1-7,10,15,20H,8-9,11-14H2. The first-order valence-corrected chi connectivity index (χ1v) is 10.3. The summed E-state index contributed by atoms with van der Waals surface area (Å²) in [6, 6.07) is 10.8. The van der Waals surface area contributed by atoms with Crippen molar-refractivity contribution in [1.29, 1.82) is 0 Å². The number of aromatic nitrogens is 1. The molecule has 27 heavy (non-hydrogen) atoms. The van der Waals surface area contributed by atoms with Gasteiger partial charge in [-0.1, -0.05) is 6.07 Å². The number of rotatable bonds is 7. The van der Waals surface area contributed by atoms with Gasteiger partial charge in [-0.15, -0.1) is 0 Å². The van der Waals surface area contributed by atoms with Crippen LogP contribution >= 0.6 is 0 Å². The average molecular weight is 390 g/mol. The number of nitro groups is 1. The Balaban J connectivity index is 1.48. The molecule has 1 aliphatic rings. The highest BCUT2D eigenvalue weighted by molar-refractivity contribution is 7.89. The lowest BCUT2D eigenvalue weighted by atomic mass is 9.97. The SMILES string of the molecule is O=[N+]([O-])c1ccc(S(=O)(=O)NCC2CCN(Cc3ccccn3)CC2)cc1. The van der Waals surface area contributed by atoms with Gasteiger partial charge < -0.3 is 0 Å². The molecule has 0 radical (unpaired) electrons. The van der Waals surface area contributed by atoms with Crippen molar-refractivity contribution in [3.63, 3.8) is 0 Å². The van der Waals surface area contributed by atoms with Gasteiger partial charge in [0.05, 0.1) is 15.5 Å². The number of piperidine rings is 1. The fourth-order valence-corrected chi connectivity index (χ4v) is 4.24. The Hall–Kier alpha value is -2.36. The molecule has 1 aromatic carbocycles. The molecule has 0 atom stereocenters. The van der Waals surface area contributed by atoms with E-state index in [1.165, 1.54) is 24.3 Å². The molecule has 1 aliphatic heterocycles. The molecule has 1 aromatic heterocycles. The number of nitrogens with one attached hydrogen (secondary N) is 1. The van der Waals surface area contributed by atoms with Crippen LogP contribution in [0.15, 0.2) is 53.6 Å². The van der Waals surface area contributed by atoms with Crippen LogP contribution in [0.25, 0.3) is 0 Å². The molecule has 0 bridgehead atoms. The molecule has 0 spiro atoms. The van der Waals surface area contributed by atoms with Crippen molar-refractivity contribution in [2.24, 2.45) is 5.92 Å².